The Morgan fingerprint density at radius 3 is 2.21 bits per heavy atom. The minimum absolute atomic E-state index is 0.297. The van der Waals surface area contributed by atoms with Gasteiger partial charge in [0, 0.05) is 5.69 Å². The van der Waals surface area contributed by atoms with Crippen LogP contribution < -0.4 is 20.1 Å². The van der Waals surface area contributed by atoms with Crippen LogP contribution in [0.2, 0.25) is 0 Å². The van der Waals surface area contributed by atoms with Gasteiger partial charge in [-0.1, -0.05) is 17.7 Å². The number of amides is 2. The van der Waals surface area contributed by atoms with E-state index < -0.39 is 5.41 Å². The number of benzene rings is 2. The SMILES string of the molecule is COc1ccc(OCCNC(=O)C(C)(C)C(=O)Nc2ccc(C)cc2C)cc1. The molecule has 150 valence electrons. The van der Waals surface area contributed by atoms with Crippen molar-refractivity contribution in [2.45, 2.75) is 27.7 Å². The molecule has 6 heteroatoms. The van der Waals surface area contributed by atoms with Crippen LogP contribution in [0.1, 0.15) is 25.0 Å². The summed E-state index contributed by atoms with van der Waals surface area (Å²) in [5, 5.41) is 5.60. The molecule has 0 unspecified atom stereocenters. The van der Waals surface area contributed by atoms with Gasteiger partial charge in [0.2, 0.25) is 11.8 Å². The molecule has 0 saturated carbocycles. The number of carbonyl (C=O) groups is 2. The van der Waals surface area contributed by atoms with Crippen molar-refractivity contribution in [3.63, 3.8) is 0 Å². The number of nitrogens with one attached hydrogen (secondary N) is 2. The number of anilines is 1. The first-order valence-electron chi connectivity index (χ1n) is 9.18. The second-order valence-corrected chi connectivity index (χ2v) is 7.18. The van der Waals surface area contributed by atoms with Crippen LogP contribution in [0.4, 0.5) is 5.69 Å². The molecular formula is C22H28N2O4. The highest BCUT2D eigenvalue weighted by atomic mass is 16.5. The van der Waals surface area contributed by atoms with E-state index in [4.69, 9.17) is 9.47 Å². The molecule has 0 heterocycles. The standard InChI is InChI=1S/C22H28N2O4/c1-15-6-11-19(16(2)14-15)24-21(26)22(3,4)20(25)23-12-13-28-18-9-7-17(27-5)8-10-18/h6-11,14H,12-13H2,1-5H3,(H,23,25)(H,24,26). The maximum atomic E-state index is 12.6. The number of ether oxygens (including phenoxy) is 2. The molecule has 2 aromatic rings. The zero-order valence-electron chi connectivity index (χ0n) is 17.1. The lowest BCUT2D eigenvalue weighted by molar-refractivity contribution is -0.138. The van der Waals surface area contributed by atoms with Crippen molar-refractivity contribution in [2.75, 3.05) is 25.6 Å². The molecule has 0 saturated heterocycles. The average molecular weight is 384 g/mol. The molecule has 0 bridgehead atoms. The third-order valence-corrected chi connectivity index (χ3v) is 4.48. The third kappa shape index (κ3) is 5.49. The lowest BCUT2D eigenvalue weighted by Gasteiger charge is -2.23. The van der Waals surface area contributed by atoms with Gasteiger partial charge in [0.25, 0.3) is 0 Å². The highest BCUT2D eigenvalue weighted by Crippen LogP contribution is 2.22. The van der Waals surface area contributed by atoms with Crippen molar-refractivity contribution >= 4 is 17.5 Å². The summed E-state index contributed by atoms with van der Waals surface area (Å²) in [4.78, 5) is 25.1. The fraction of sp³-hybridized carbons (Fsp3) is 0.364. The molecule has 0 aliphatic rings. The van der Waals surface area contributed by atoms with Crippen molar-refractivity contribution in [3.05, 3.63) is 53.6 Å². The largest absolute Gasteiger partial charge is 0.497 e. The van der Waals surface area contributed by atoms with Gasteiger partial charge in [0.15, 0.2) is 0 Å². The Morgan fingerprint density at radius 1 is 0.964 bits per heavy atom. The Hall–Kier alpha value is -3.02. The normalized spacial score (nSPS) is 10.9. The lowest BCUT2D eigenvalue weighted by Crippen LogP contribution is -2.46. The summed E-state index contributed by atoms with van der Waals surface area (Å²) >= 11 is 0. The van der Waals surface area contributed by atoms with Gasteiger partial charge in [-0.3, -0.25) is 9.59 Å². The molecule has 28 heavy (non-hydrogen) atoms. The smallest absolute Gasteiger partial charge is 0.239 e. The van der Waals surface area contributed by atoms with Crippen LogP contribution in [-0.4, -0.2) is 32.1 Å². The van der Waals surface area contributed by atoms with Crippen molar-refractivity contribution in [3.8, 4) is 11.5 Å². The van der Waals surface area contributed by atoms with Crippen LogP contribution in [0.25, 0.3) is 0 Å². The Bertz CT molecular complexity index is 829. The summed E-state index contributed by atoms with van der Waals surface area (Å²) in [7, 11) is 1.60. The number of hydrogen-bond acceptors (Lipinski definition) is 4. The molecule has 6 nitrogen and oxygen atoms in total. The Labute approximate surface area is 166 Å². The van der Waals surface area contributed by atoms with Gasteiger partial charge in [-0.25, -0.2) is 0 Å². The summed E-state index contributed by atoms with van der Waals surface area (Å²) in [6.07, 6.45) is 0. The summed E-state index contributed by atoms with van der Waals surface area (Å²) in [6.45, 7) is 7.71. The monoisotopic (exact) mass is 384 g/mol. The fourth-order valence-electron chi connectivity index (χ4n) is 2.56. The summed E-state index contributed by atoms with van der Waals surface area (Å²) in [6, 6.07) is 12.9. The van der Waals surface area contributed by atoms with E-state index in [0.29, 0.717) is 24.6 Å². The molecule has 0 aliphatic heterocycles. The van der Waals surface area contributed by atoms with Crippen LogP contribution >= 0.6 is 0 Å². The second kappa shape index (κ2) is 9.26. The van der Waals surface area contributed by atoms with Gasteiger partial charge in [-0.2, -0.15) is 0 Å². The quantitative estimate of drug-likeness (QED) is 0.540. The summed E-state index contributed by atoms with van der Waals surface area (Å²) in [5.74, 6) is 0.722. The van der Waals surface area contributed by atoms with E-state index in [0.717, 1.165) is 16.9 Å². The predicted molar refractivity (Wildman–Crippen MR) is 110 cm³/mol. The van der Waals surface area contributed by atoms with Crippen LogP contribution in [0.15, 0.2) is 42.5 Å². The minimum atomic E-state index is -1.21. The van der Waals surface area contributed by atoms with Gasteiger partial charge in [-0.15, -0.1) is 0 Å². The van der Waals surface area contributed by atoms with Crippen LogP contribution in [0, 0.1) is 19.3 Å². The summed E-state index contributed by atoms with van der Waals surface area (Å²) < 4.78 is 10.7. The molecule has 0 spiro atoms. The van der Waals surface area contributed by atoms with E-state index in [1.807, 2.05) is 32.0 Å². The highest BCUT2D eigenvalue weighted by Gasteiger charge is 2.36. The van der Waals surface area contributed by atoms with E-state index in [1.54, 1.807) is 45.2 Å². The molecular weight excluding hydrogens is 356 g/mol. The number of rotatable bonds is 8. The average Bonchev–Trinajstić information content (AvgIpc) is 2.67. The first-order chi connectivity index (χ1) is 13.2. The molecule has 2 rings (SSSR count). The van der Waals surface area contributed by atoms with E-state index in [9.17, 15) is 9.59 Å². The van der Waals surface area contributed by atoms with Gasteiger partial charge >= 0.3 is 0 Å². The molecule has 0 radical (unpaired) electrons. The topological polar surface area (TPSA) is 76.7 Å². The minimum Gasteiger partial charge on any atom is -0.497 e. The molecule has 2 N–H and O–H groups in total. The van der Waals surface area contributed by atoms with Gasteiger partial charge in [-0.05, 0) is 63.6 Å². The Kier molecular flexibility index (Phi) is 7.04. The number of aryl methyl sites for hydroxylation is 2. The van der Waals surface area contributed by atoms with Crippen LogP contribution in [0.5, 0.6) is 11.5 Å². The second-order valence-electron chi connectivity index (χ2n) is 7.18. The molecule has 0 fully saturated rings. The fourth-order valence-corrected chi connectivity index (χ4v) is 2.56. The number of carbonyl (C=O) groups excluding carboxylic acids is 2. The Balaban J connectivity index is 1.84. The van der Waals surface area contributed by atoms with Crippen molar-refractivity contribution in [2.24, 2.45) is 5.41 Å². The number of hydrogen-bond donors (Lipinski definition) is 2. The van der Waals surface area contributed by atoms with Gasteiger partial charge in [0.1, 0.15) is 23.5 Å². The Morgan fingerprint density at radius 2 is 1.61 bits per heavy atom. The van der Waals surface area contributed by atoms with Crippen LogP contribution in [-0.2, 0) is 9.59 Å². The summed E-state index contributed by atoms with van der Waals surface area (Å²) in [5.41, 5.74) is 1.57. The zero-order chi connectivity index (χ0) is 20.7. The van der Waals surface area contributed by atoms with Crippen molar-refractivity contribution < 1.29 is 19.1 Å². The number of methoxy groups -OCH3 is 1. The first-order valence-corrected chi connectivity index (χ1v) is 9.18. The molecule has 2 amide bonds. The highest BCUT2D eigenvalue weighted by molar-refractivity contribution is 6.10. The van der Waals surface area contributed by atoms with Gasteiger partial charge in [0.05, 0.1) is 13.7 Å². The van der Waals surface area contributed by atoms with Gasteiger partial charge < -0.3 is 20.1 Å². The van der Waals surface area contributed by atoms with E-state index in [-0.39, 0.29) is 11.8 Å². The molecule has 0 aliphatic carbocycles. The molecule has 0 aromatic heterocycles. The molecule has 2 aromatic carbocycles. The maximum absolute atomic E-state index is 12.6. The predicted octanol–water partition coefficient (Wildman–Crippen LogP) is 3.47. The van der Waals surface area contributed by atoms with E-state index in [2.05, 4.69) is 10.6 Å². The first kappa shape index (κ1) is 21.3. The lowest BCUT2D eigenvalue weighted by atomic mass is 9.90. The zero-order valence-corrected chi connectivity index (χ0v) is 17.1. The van der Waals surface area contributed by atoms with Crippen molar-refractivity contribution in [1.29, 1.82) is 0 Å². The van der Waals surface area contributed by atoms with Crippen LogP contribution in [0.3, 0.4) is 0 Å². The third-order valence-electron chi connectivity index (χ3n) is 4.48. The van der Waals surface area contributed by atoms with E-state index >= 15 is 0 Å². The van der Waals surface area contributed by atoms with Crippen molar-refractivity contribution in [1.82, 2.24) is 5.32 Å². The maximum Gasteiger partial charge on any atom is 0.239 e. The van der Waals surface area contributed by atoms with E-state index in [1.165, 1.54) is 0 Å². The molecule has 0 atom stereocenters.